The second-order valence-corrected chi connectivity index (χ2v) is 11.9. The largest absolute Gasteiger partial charge is 0.326 e. The van der Waals surface area contributed by atoms with Crippen molar-refractivity contribution >= 4 is 37.3 Å². The van der Waals surface area contributed by atoms with Crippen molar-refractivity contribution in [3.63, 3.8) is 0 Å². The van der Waals surface area contributed by atoms with Gasteiger partial charge >= 0.3 is 0 Å². The molecule has 11 heteroatoms. The van der Waals surface area contributed by atoms with Gasteiger partial charge in [0, 0.05) is 30.9 Å². The summed E-state index contributed by atoms with van der Waals surface area (Å²) in [6, 6.07) is 18.1. The molecule has 3 aromatic rings. The average molecular weight is 515 g/mol. The molecule has 1 aromatic heterocycles. The first-order valence-corrected chi connectivity index (χ1v) is 14.2. The van der Waals surface area contributed by atoms with Gasteiger partial charge in [0.1, 0.15) is 0 Å². The summed E-state index contributed by atoms with van der Waals surface area (Å²) in [7, 11) is -7.24. The van der Waals surface area contributed by atoms with Gasteiger partial charge in [-0.2, -0.15) is 0 Å². The number of rotatable bonds is 8. The molecule has 9 nitrogen and oxygen atoms in total. The SMILES string of the molecule is O=C(Nc1ccc(S(=O)(=O)Nc2cccnc2)cc1)C1CCN(S(=O)(=O)Cc2ccccc2)CC1. The Morgan fingerprint density at radius 3 is 2.20 bits per heavy atom. The van der Waals surface area contributed by atoms with Crippen molar-refractivity contribution < 1.29 is 21.6 Å². The fourth-order valence-corrected chi connectivity index (χ4v) is 6.48. The van der Waals surface area contributed by atoms with Crippen LogP contribution in [0.2, 0.25) is 0 Å². The van der Waals surface area contributed by atoms with Crippen molar-refractivity contribution in [1.82, 2.24) is 9.29 Å². The number of hydrogen-bond acceptors (Lipinski definition) is 6. The van der Waals surface area contributed by atoms with Crippen LogP contribution < -0.4 is 10.0 Å². The van der Waals surface area contributed by atoms with E-state index in [2.05, 4.69) is 15.0 Å². The number of piperidine rings is 1. The minimum Gasteiger partial charge on any atom is -0.326 e. The number of sulfonamides is 2. The molecule has 1 saturated heterocycles. The first-order chi connectivity index (χ1) is 16.7. The molecule has 1 aliphatic heterocycles. The van der Waals surface area contributed by atoms with E-state index in [4.69, 9.17) is 0 Å². The molecule has 0 unspecified atom stereocenters. The van der Waals surface area contributed by atoms with E-state index in [-0.39, 0.29) is 35.6 Å². The van der Waals surface area contributed by atoms with E-state index >= 15 is 0 Å². The molecular formula is C24H26N4O5S2. The van der Waals surface area contributed by atoms with E-state index in [1.165, 1.54) is 34.8 Å². The lowest BCUT2D eigenvalue weighted by molar-refractivity contribution is -0.120. The van der Waals surface area contributed by atoms with E-state index in [9.17, 15) is 21.6 Å². The zero-order valence-corrected chi connectivity index (χ0v) is 20.5. The van der Waals surface area contributed by atoms with Crippen LogP contribution in [0.15, 0.2) is 84.0 Å². The summed E-state index contributed by atoms with van der Waals surface area (Å²) in [6.45, 7) is 0.564. The summed E-state index contributed by atoms with van der Waals surface area (Å²) < 4.78 is 54.4. The lowest BCUT2D eigenvalue weighted by Crippen LogP contribution is -2.41. The highest BCUT2D eigenvalue weighted by atomic mass is 32.2. The van der Waals surface area contributed by atoms with Gasteiger partial charge in [-0.1, -0.05) is 30.3 Å². The molecule has 0 spiro atoms. The van der Waals surface area contributed by atoms with E-state index in [0.29, 0.717) is 24.2 Å². The number of anilines is 2. The van der Waals surface area contributed by atoms with Crippen LogP contribution in [-0.4, -0.2) is 45.1 Å². The van der Waals surface area contributed by atoms with Crippen molar-refractivity contribution in [3.8, 4) is 0 Å². The molecule has 2 N–H and O–H groups in total. The molecule has 4 rings (SSSR count). The quantitative estimate of drug-likeness (QED) is 0.476. The third-order valence-electron chi connectivity index (χ3n) is 5.76. The van der Waals surface area contributed by atoms with Crippen LogP contribution in [0.4, 0.5) is 11.4 Å². The topological polar surface area (TPSA) is 126 Å². The van der Waals surface area contributed by atoms with Gasteiger partial charge in [0.2, 0.25) is 15.9 Å². The first kappa shape index (κ1) is 24.8. The number of amides is 1. The summed E-state index contributed by atoms with van der Waals surface area (Å²) >= 11 is 0. The van der Waals surface area contributed by atoms with Gasteiger partial charge in [-0.25, -0.2) is 21.1 Å². The number of nitrogens with one attached hydrogen (secondary N) is 2. The molecule has 0 atom stereocenters. The van der Waals surface area contributed by atoms with Crippen LogP contribution in [0.5, 0.6) is 0 Å². The standard InChI is InChI=1S/C24H26N4O5S2/c29-24(20-12-15-28(16-13-20)34(30,31)18-19-5-2-1-3-6-19)26-21-8-10-23(11-9-21)35(32,33)27-22-7-4-14-25-17-22/h1-11,14,17,20,27H,12-13,15-16,18H2,(H,26,29). The molecule has 2 aromatic carbocycles. The van der Waals surface area contributed by atoms with Gasteiger partial charge in [0.15, 0.2) is 0 Å². The molecular weight excluding hydrogens is 488 g/mol. The Morgan fingerprint density at radius 2 is 1.57 bits per heavy atom. The first-order valence-electron chi connectivity index (χ1n) is 11.1. The van der Waals surface area contributed by atoms with Gasteiger partial charge in [-0.05, 0) is 54.8 Å². The van der Waals surface area contributed by atoms with Gasteiger partial charge in [-0.3, -0.25) is 14.5 Å². The Labute approximate surface area is 205 Å². The van der Waals surface area contributed by atoms with Crippen molar-refractivity contribution in [3.05, 3.63) is 84.7 Å². The van der Waals surface area contributed by atoms with Crippen LogP contribution in [0.25, 0.3) is 0 Å². The van der Waals surface area contributed by atoms with Crippen LogP contribution in [0.3, 0.4) is 0 Å². The summed E-state index contributed by atoms with van der Waals surface area (Å²) in [5.41, 5.74) is 1.55. The predicted molar refractivity (Wildman–Crippen MR) is 133 cm³/mol. The monoisotopic (exact) mass is 514 g/mol. The number of hydrogen-bond donors (Lipinski definition) is 2. The maximum absolute atomic E-state index is 12.7. The third-order valence-corrected chi connectivity index (χ3v) is 9.00. The van der Waals surface area contributed by atoms with Gasteiger partial charge in [0.25, 0.3) is 10.0 Å². The highest BCUT2D eigenvalue weighted by Gasteiger charge is 2.31. The lowest BCUT2D eigenvalue weighted by Gasteiger charge is -2.30. The van der Waals surface area contributed by atoms with E-state index in [1.54, 1.807) is 42.6 Å². The highest BCUT2D eigenvalue weighted by Crippen LogP contribution is 2.24. The van der Waals surface area contributed by atoms with Crippen molar-refractivity contribution in [2.75, 3.05) is 23.1 Å². The minimum absolute atomic E-state index is 0.0521. The number of nitrogens with zero attached hydrogens (tertiary/aromatic N) is 2. The number of aromatic nitrogens is 1. The van der Waals surface area contributed by atoms with E-state index in [0.717, 1.165) is 5.56 Å². The van der Waals surface area contributed by atoms with E-state index in [1.807, 2.05) is 6.07 Å². The van der Waals surface area contributed by atoms with Gasteiger partial charge in [0.05, 0.1) is 22.5 Å². The van der Waals surface area contributed by atoms with Crippen molar-refractivity contribution in [1.29, 1.82) is 0 Å². The summed E-state index contributed by atoms with van der Waals surface area (Å²) in [6.07, 6.45) is 3.79. The van der Waals surface area contributed by atoms with Gasteiger partial charge < -0.3 is 5.32 Å². The van der Waals surface area contributed by atoms with Crippen LogP contribution in [-0.2, 0) is 30.6 Å². The van der Waals surface area contributed by atoms with Gasteiger partial charge in [-0.15, -0.1) is 0 Å². The number of carbonyl (C=O) groups excluding carboxylic acids is 1. The van der Waals surface area contributed by atoms with Crippen molar-refractivity contribution in [2.24, 2.45) is 5.92 Å². The Balaban J connectivity index is 1.31. The summed E-state index contributed by atoms with van der Waals surface area (Å²) in [5.74, 6) is -0.599. The fourth-order valence-electron chi connectivity index (χ4n) is 3.87. The Bertz CT molecular complexity index is 1360. The average Bonchev–Trinajstić information content (AvgIpc) is 2.85. The van der Waals surface area contributed by atoms with Crippen LogP contribution in [0.1, 0.15) is 18.4 Å². The fraction of sp³-hybridized carbons (Fsp3) is 0.250. The van der Waals surface area contributed by atoms with Crippen molar-refractivity contribution in [2.45, 2.75) is 23.5 Å². The smallest absolute Gasteiger partial charge is 0.261 e. The third kappa shape index (κ3) is 6.44. The maximum Gasteiger partial charge on any atom is 0.261 e. The van der Waals surface area contributed by atoms with Crippen LogP contribution in [0, 0.1) is 5.92 Å². The normalized spacial score (nSPS) is 15.4. The number of carbonyl (C=O) groups is 1. The molecule has 2 heterocycles. The Hall–Kier alpha value is -3.28. The highest BCUT2D eigenvalue weighted by molar-refractivity contribution is 7.92. The molecule has 0 radical (unpaired) electrons. The predicted octanol–water partition coefficient (Wildman–Crippen LogP) is 3.06. The molecule has 0 aliphatic carbocycles. The Morgan fingerprint density at radius 1 is 0.886 bits per heavy atom. The second kappa shape index (κ2) is 10.5. The molecule has 1 amide bonds. The molecule has 0 saturated carbocycles. The molecule has 184 valence electrons. The minimum atomic E-state index is -3.79. The summed E-state index contributed by atoms with van der Waals surface area (Å²) in [5, 5.41) is 2.80. The number of benzene rings is 2. The molecule has 1 fully saturated rings. The molecule has 0 bridgehead atoms. The molecule has 35 heavy (non-hydrogen) atoms. The Kier molecular flexibility index (Phi) is 7.48. The summed E-state index contributed by atoms with van der Waals surface area (Å²) in [4.78, 5) is 16.7. The maximum atomic E-state index is 12.7. The number of pyridine rings is 1. The second-order valence-electron chi connectivity index (χ2n) is 8.28. The molecule has 1 aliphatic rings. The van der Waals surface area contributed by atoms with Crippen LogP contribution >= 0.6 is 0 Å². The zero-order chi connectivity index (χ0) is 24.9. The lowest BCUT2D eigenvalue weighted by atomic mass is 9.97. The van der Waals surface area contributed by atoms with E-state index < -0.39 is 20.0 Å². The zero-order valence-electron chi connectivity index (χ0n) is 18.9.